The van der Waals surface area contributed by atoms with Crippen molar-refractivity contribution in [1.82, 2.24) is 0 Å². The van der Waals surface area contributed by atoms with E-state index in [2.05, 4.69) is 31.0 Å². The molecule has 0 radical (unpaired) electrons. The van der Waals surface area contributed by atoms with Gasteiger partial charge in [-0.3, -0.25) is 14.5 Å². The molecule has 0 bridgehead atoms. The molecule has 0 saturated carbocycles. The monoisotopic (exact) mass is 584 g/mol. The molecular weight excluding hydrogens is 547 g/mol. The van der Waals surface area contributed by atoms with Crippen molar-refractivity contribution in [2.45, 2.75) is 59.9 Å². The molecule has 1 aliphatic rings. The molecule has 0 aromatic heterocycles. The molecule has 2 N–H and O–H groups in total. The second-order valence-corrected chi connectivity index (χ2v) is 11.2. The molecule has 0 spiro atoms. The minimum atomic E-state index is -1.19. The highest BCUT2D eigenvalue weighted by atomic mass is 19.1. The van der Waals surface area contributed by atoms with Crippen LogP contribution in [0.5, 0.6) is 11.5 Å². The predicted molar refractivity (Wildman–Crippen MR) is 165 cm³/mol. The molecule has 1 heterocycles. The minimum absolute atomic E-state index is 0.0130. The van der Waals surface area contributed by atoms with E-state index in [1.165, 1.54) is 23.1 Å². The van der Waals surface area contributed by atoms with Crippen molar-refractivity contribution in [2.75, 3.05) is 16.8 Å². The number of allylic oxidation sites excluding steroid dienone is 1. The molecule has 224 valence electrons. The standard InChI is InChI=1S/C35H37FN2O5/c1-6-8-18-42-25-16-17-26(27(36)20-25)33-34(43-22-39)28(21-35(4,5)7-2)37-32-29(14-11-15-30(32)40)38(33)31(41)19-24-13-10-9-12-23(24)3/h9-17,20,22,33,37,40H,7,18-19,21H2,1-5H3. The number of phenolic OH excluding ortho intramolecular Hbond substituents is 1. The first-order valence-corrected chi connectivity index (χ1v) is 14.2. The number of anilines is 2. The molecule has 1 atom stereocenters. The van der Waals surface area contributed by atoms with Crippen molar-refractivity contribution >= 4 is 23.8 Å². The van der Waals surface area contributed by atoms with Crippen LogP contribution in [-0.4, -0.2) is 24.1 Å². The van der Waals surface area contributed by atoms with Gasteiger partial charge < -0.3 is 19.9 Å². The van der Waals surface area contributed by atoms with E-state index >= 15 is 4.39 Å². The third kappa shape index (κ3) is 7.00. The lowest BCUT2D eigenvalue weighted by Gasteiger charge is -2.33. The number of amides is 1. The Morgan fingerprint density at radius 2 is 1.93 bits per heavy atom. The van der Waals surface area contributed by atoms with Crippen molar-refractivity contribution in [3.8, 4) is 23.3 Å². The zero-order valence-corrected chi connectivity index (χ0v) is 25.2. The molecule has 1 unspecified atom stereocenters. The normalized spacial score (nSPS) is 14.6. The van der Waals surface area contributed by atoms with Gasteiger partial charge in [-0.05, 0) is 61.1 Å². The summed E-state index contributed by atoms with van der Waals surface area (Å²) in [6.07, 6.45) is 1.15. The maximum atomic E-state index is 16.1. The van der Waals surface area contributed by atoms with Crippen molar-refractivity contribution in [1.29, 1.82) is 0 Å². The first-order valence-electron chi connectivity index (χ1n) is 14.2. The van der Waals surface area contributed by atoms with E-state index in [0.717, 1.165) is 17.5 Å². The van der Waals surface area contributed by atoms with Gasteiger partial charge in [0.1, 0.15) is 35.7 Å². The lowest BCUT2D eigenvalue weighted by molar-refractivity contribution is -0.126. The van der Waals surface area contributed by atoms with Gasteiger partial charge in [0.2, 0.25) is 5.91 Å². The Hall–Kier alpha value is -4.77. The van der Waals surface area contributed by atoms with E-state index in [1.807, 2.05) is 38.1 Å². The number of carbonyl (C=O) groups is 2. The van der Waals surface area contributed by atoms with Gasteiger partial charge in [-0.15, -0.1) is 5.92 Å². The van der Waals surface area contributed by atoms with Gasteiger partial charge in [0.15, 0.2) is 5.76 Å². The number of carbonyl (C=O) groups excluding carboxylic acids is 2. The smallest absolute Gasteiger partial charge is 0.298 e. The summed E-state index contributed by atoms with van der Waals surface area (Å²) in [6.45, 7) is 10.1. The van der Waals surface area contributed by atoms with Crippen LogP contribution in [0.15, 0.2) is 72.1 Å². The van der Waals surface area contributed by atoms with E-state index in [9.17, 15) is 14.7 Å². The molecule has 4 rings (SSSR count). The molecule has 3 aromatic carbocycles. The van der Waals surface area contributed by atoms with E-state index in [4.69, 9.17) is 9.47 Å². The first kappa shape index (κ1) is 31.2. The zero-order chi connectivity index (χ0) is 31.1. The number of halogens is 1. The fourth-order valence-electron chi connectivity index (χ4n) is 5.04. The minimum Gasteiger partial charge on any atom is -0.506 e. The molecule has 7 nitrogen and oxygen atoms in total. The average Bonchev–Trinajstić information content (AvgIpc) is 3.10. The SMILES string of the molecule is CC#CCOc1ccc(C2C(OC=O)=C(CC(C)(C)CC)Nc3c(O)cccc3N2C(=O)Cc2ccccc2C)c(F)c1. The number of para-hydroxylation sites is 1. The van der Waals surface area contributed by atoms with Crippen molar-refractivity contribution in [2.24, 2.45) is 5.41 Å². The van der Waals surface area contributed by atoms with E-state index in [0.29, 0.717) is 17.8 Å². The first-order chi connectivity index (χ1) is 20.6. The van der Waals surface area contributed by atoms with Crippen LogP contribution in [0.25, 0.3) is 0 Å². The Balaban J connectivity index is 1.99. The number of nitrogens with zero attached hydrogens (tertiary/aromatic N) is 1. The number of hydrogen-bond acceptors (Lipinski definition) is 6. The van der Waals surface area contributed by atoms with Gasteiger partial charge in [-0.25, -0.2) is 4.39 Å². The van der Waals surface area contributed by atoms with Crippen molar-refractivity contribution < 1.29 is 28.6 Å². The third-order valence-corrected chi connectivity index (χ3v) is 7.77. The van der Waals surface area contributed by atoms with Gasteiger partial charge in [0.25, 0.3) is 6.47 Å². The highest BCUT2D eigenvalue weighted by Gasteiger charge is 2.40. The number of aryl methyl sites for hydroxylation is 1. The summed E-state index contributed by atoms with van der Waals surface area (Å²) in [5.41, 5.74) is 2.56. The van der Waals surface area contributed by atoms with Crippen molar-refractivity contribution in [3.05, 3.63) is 94.6 Å². The van der Waals surface area contributed by atoms with E-state index in [1.54, 1.807) is 25.1 Å². The van der Waals surface area contributed by atoms with Gasteiger partial charge in [0, 0.05) is 11.6 Å². The fourth-order valence-corrected chi connectivity index (χ4v) is 5.04. The number of fused-ring (bicyclic) bond motifs is 1. The number of aromatic hydroxyl groups is 1. The van der Waals surface area contributed by atoms with Crippen molar-refractivity contribution in [3.63, 3.8) is 0 Å². The largest absolute Gasteiger partial charge is 0.506 e. The highest BCUT2D eigenvalue weighted by molar-refractivity contribution is 6.01. The summed E-state index contributed by atoms with van der Waals surface area (Å²) in [7, 11) is 0. The second kappa shape index (κ2) is 13.5. The summed E-state index contributed by atoms with van der Waals surface area (Å²) >= 11 is 0. The number of phenols is 1. The number of ether oxygens (including phenoxy) is 2. The van der Waals surface area contributed by atoms with Crippen LogP contribution in [0.2, 0.25) is 0 Å². The Morgan fingerprint density at radius 3 is 2.60 bits per heavy atom. The number of benzene rings is 3. The molecule has 3 aromatic rings. The topological polar surface area (TPSA) is 88.1 Å². The van der Waals surface area contributed by atoms with Crippen LogP contribution >= 0.6 is 0 Å². The molecule has 0 fully saturated rings. The molecular formula is C35H37FN2O5. The van der Waals surface area contributed by atoms with Crippen LogP contribution in [0.3, 0.4) is 0 Å². The molecule has 43 heavy (non-hydrogen) atoms. The zero-order valence-electron chi connectivity index (χ0n) is 25.2. The fraction of sp³-hybridized carbons (Fsp3) is 0.314. The van der Waals surface area contributed by atoms with Crippen LogP contribution in [-0.2, 0) is 20.7 Å². The maximum absolute atomic E-state index is 16.1. The maximum Gasteiger partial charge on any atom is 0.298 e. The molecule has 0 aliphatic carbocycles. The molecule has 1 aliphatic heterocycles. The highest BCUT2D eigenvalue weighted by Crippen LogP contribution is 2.48. The van der Waals surface area contributed by atoms with Gasteiger partial charge in [-0.2, -0.15) is 0 Å². The molecule has 8 heteroatoms. The van der Waals surface area contributed by atoms with Crippen LogP contribution in [0.1, 0.15) is 63.3 Å². The Labute approximate surface area is 252 Å². The van der Waals surface area contributed by atoms with Crippen LogP contribution in [0.4, 0.5) is 15.8 Å². The van der Waals surface area contributed by atoms with Crippen LogP contribution in [0, 0.1) is 30.0 Å². The number of rotatable bonds is 10. The van der Waals surface area contributed by atoms with Gasteiger partial charge in [0.05, 0.1) is 17.8 Å². The van der Waals surface area contributed by atoms with Gasteiger partial charge in [-0.1, -0.05) is 63.4 Å². The van der Waals surface area contributed by atoms with E-state index in [-0.39, 0.29) is 59.3 Å². The van der Waals surface area contributed by atoms with Crippen LogP contribution < -0.4 is 15.0 Å². The predicted octanol–water partition coefficient (Wildman–Crippen LogP) is 7.20. The van der Waals surface area contributed by atoms with E-state index < -0.39 is 11.9 Å². The Morgan fingerprint density at radius 1 is 1.16 bits per heavy atom. The molecule has 1 amide bonds. The lowest BCUT2D eigenvalue weighted by atomic mass is 9.84. The van der Waals surface area contributed by atoms with Gasteiger partial charge >= 0.3 is 0 Å². The number of nitrogens with one attached hydrogen (secondary N) is 1. The summed E-state index contributed by atoms with van der Waals surface area (Å²) in [4.78, 5) is 27.8. The third-order valence-electron chi connectivity index (χ3n) is 7.77. The molecule has 0 saturated heterocycles. The summed E-state index contributed by atoms with van der Waals surface area (Å²) < 4.78 is 27.4. The quantitative estimate of drug-likeness (QED) is 0.149. The lowest BCUT2D eigenvalue weighted by Crippen LogP contribution is -2.38. The summed E-state index contributed by atoms with van der Waals surface area (Å²) in [6, 6.07) is 15.5. The number of hydrogen-bond donors (Lipinski definition) is 2. The second-order valence-electron chi connectivity index (χ2n) is 11.2. The summed E-state index contributed by atoms with van der Waals surface area (Å²) in [5.74, 6) is 4.69. The Bertz CT molecular complexity index is 1600. The summed E-state index contributed by atoms with van der Waals surface area (Å²) in [5, 5.41) is 14.3. The average molecular weight is 585 g/mol. The Kier molecular flexibility index (Phi) is 9.77.